The highest BCUT2D eigenvalue weighted by atomic mass is 32.2. The lowest BCUT2D eigenvalue weighted by atomic mass is 9.96. The molecule has 1 atom stereocenters. The van der Waals surface area contributed by atoms with Crippen LogP contribution in [0.3, 0.4) is 0 Å². The van der Waals surface area contributed by atoms with E-state index in [4.69, 9.17) is 4.52 Å². The lowest BCUT2D eigenvalue weighted by Crippen LogP contribution is -2.30. The number of hydrogen-bond acceptors (Lipinski definition) is 7. The van der Waals surface area contributed by atoms with Gasteiger partial charge in [0, 0.05) is 11.1 Å². The van der Waals surface area contributed by atoms with Crippen LogP contribution in [0.15, 0.2) is 33.9 Å². The molecule has 4 rings (SSSR count). The fraction of sp³-hybridized carbons (Fsp3) is 0.545. The predicted octanol–water partition coefficient (Wildman–Crippen LogP) is 4.93. The summed E-state index contributed by atoms with van der Waals surface area (Å²) in [6.07, 6.45) is 3.69. The number of piperidine rings is 1. The highest BCUT2D eigenvalue weighted by Gasteiger charge is 2.26. The van der Waals surface area contributed by atoms with Crippen molar-refractivity contribution in [3.63, 3.8) is 0 Å². The molecule has 1 fully saturated rings. The molecule has 1 aromatic carbocycles. The van der Waals surface area contributed by atoms with Gasteiger partial charge in [0.05, 0.1) is 11.8 Å². The van der Waals surface area contributed by atoms with Gasteiger partial charge < -0.3 is 4.52 Å². The van der Waals surface area contributed by atoms with E-state index in [1.165, 1.54) is 43.2 Å². The Balaban J connectivity index is 1.61. The molecule has 3 heterocycles. The second-order valence-corrected chi connectivity index (χ2v) is 10.3. The Kier molecular flexibility index (Phi) is 6.43. The maximum absolute atomic E-state index is 13.6. The van der Waals surface area contributed by atoms with Crippen LogP contribution in [0, 0.1) is 5.82 Å². The van der Waals surface area contributed by atoms with E-state index in [-0.39, 0.29) is 16.5 Å². The van der Waals surface area contributed by atoms with E-state index >= 15 is 0 Å². The van der Waals surface area contributed by atoms with Crippen molar-refractivity contribution in [3.05, 3.63) is 47.6 Å². The molecule has 31 heavy (non-hydrogen) atoms. The summed E-state index contributed by atoms with van der Waals surface area (Å²) in [6, 6.07) is 6.45. The second-order valence-electron chi connectivity index (χ2n) is 9.01. The number of thioether (sulfide) groups is 1. The van der Waals surface area contributed by atoms with Crippen molar-refractivity contribution in [2.45, 2.75) is 69.3 Å². The minimum Gasteiger partial charge on any atom is -0.338 e. The Bertz CT molecular complexity index is 1000. The SMILES string of the molecule is C[C@H](Sc1nnc(CN2CCCCC2)n1-c1ccc(F)cc1)c1nc(C(C)(C)C)no1. The van der Waals surface area contributed by atoms with Crippen molar-refractivity contribution < 1.29 is 8.91 Å². The molecule has 9 heteroatoms. The van der Waals surface area contributed by atoms with Crippen LogP contribution in [0.25, 0.3) is 5.69 Å². The Hall–Kier alpha value is -2.26. The van der Waals surface area contributed by atoms with Gasteiger partial charge in [0.2, 0.25) is 5.89 Å². The zero-order chi connectivity index (χ0) is 22.0. The molecule has 2 aromatic heterocycles. The molecule has 7 nitrogen and oxygen atoms in total. The van der Waals surface area contributed by atoms with E-state index in [1.807, 2.05) is 11.5 Å². The molecular formula is C22H29FN6OS. The van der Waals surface area contributed by atoms with Crippen molar-refractivity contribution in [1.82, 2.24) is 29.8 Å². The summed E-state index contributed by atoms with van der Waals surface area (Å²) in [5.74, 6) is 1.82. The molecule has 1 aliphatic heterocycles. The van der Waals surface area contributed by atoms with Crippen LogP contribution in [0.1, 0.15) is 69.7 Å². The largest absolute Gasteiger partial charge is 0.338 e. The number of nitrogens with zero attached hydrogens (tertiary/aromatic N) is 6. The molecule has 0 amide bonds. The van der Waals surface area contributed by atoms with Crippen molar-refractivity contribution in [2.75, 3.05) is 13.1 Å². The van der Waals surface area contributed by atoms with Crippen LogP contribution in [0.2, 0.25) is 0 Å². The van der Waals surface area contributed by atoms with Crippen LogP contribution in [-0.4, -0.2) is 42.9 Å². The average Bonchev–Trinajstić information content (AvgIpc) is 3.38. The molecule has 0 radical (unpaired) electrons. The van der Waals surface area contributed by atoms with Crippen LogP contribution in [0.5, 0.6) is 0 Å². The van der Waals surface area contributed by atoms with Crippen LogP contribution < -0.4 is 0 Å². The van der Waals surface area contributed by atoms with Gasteiger partial charge >= 0.3 is 0 Å². The van der Waals surface area contributed by atoms with E-state index in [1.54, 1.807) is 12.1 Å². The van der Waals surface area contributed by atoms with E-state index in [9.17, 15) is 4.39 Å². The summed E-state index contributed by atoms with van der Waals surface area (Å²) in [5, 5.41) is 13.7. The Morgan fingerprint density at radius 1 is 1.10 bits per heavy atom. The van der Waals surface area contributed by atoms with E-state index < -0.39 is 0 Å². The molecule has 166 valence electrons. The first-order chi connectivity index (χ1) is 14.8. The van der Waals surface area contributed by atoms with Crippen LogP contribution in [0.4, 0.5) is 4.39 Å². The number of halogens is 1. The Labute approximate surface area is 186 Å². The van der Waals surface area contributed by atoms with E-state index in [0.717, 1.165) is 29.8 Å². The fourth-order valence-corrected chi connectivity index (χ4v) is 4.48. The first-order valence-corrected chi connectivity index (χ1v) is 11.6. The van der Waals surface area contributed by atoms with Gasteiger partial charge in [0.25, 0.3) is 0 Å². The average molecular weight is 445 g/mol. The number of aromatic nitrogens is 5. The molecular weight excluding hydrogens is 415 g/mol. The molecule has 0 spiro atoms. The smallest absolute Gasteiger partial charge is 0.239 e. The van der Waals surface area contributed by atoms with Crippen LogP contribution >= 0.6 is 11.8 Å². The van der Waals surface area contributed by atoms with E-state index in [0.29, 0.717) is 18.3 Å². The third kappa shape index (κ3) is 5.15. The lowest BCUT2D eigenvalue weighted by molar-refractivity contribution is 0.214. The van der Waals surface area contributed by atoms with Crippen molar-refractivity contribution in [3.8, 4) is 5.69 Å². The van der Waals surface area contributed by atoms with Gasteiger partial charge in [-0.15, -0.1) is 10.2 Å². The van der Waals surface area contributed by atoms with Crippen LogP contribution in [-0.2, 0) is 12.0 Å². The van der Waals surface area contributed by atoms with Gasteiger partial charge in [-0.1, -0.05) is 44.1 Å². The van der Waals surface area contributed by atoms with Crippen molar-refractivity contribution >= 4 is 11.8 Å². The monoisotopic (exact) mass is 444 g/mol. The summed E-state index contributed by atoms with van der Waals surface area (Å²) >= 11 is 1.51. The third-order valence-corrected chi connectivity index (χ3v) is 6.37. The summed E-state index contributed by atoms with van der Waals surface area (Å²) in [6.45, 7) is 11.0. The van der Waals surface area contributed by atoms with Gasteiger partial charge in [-0.25, -0.2) is 4.39 Å². The number of rotatable bonds is 6. The molecule has 0 unspecified atom stereocenters. The number of likely N-dealkylation sites (tertiary alicyclic amines) is 1. The van der Waals surface area contributed by atoms with Gasteiger partial charge in [-0.2, -0.15) is 4.98 Å². The normalized spacial score (nSPS) is 16.5. The highest BCUT2D eigenvalue weighted by Crippen LogP contribution is 2.35. The second kappa shape index (κ2) is 9.08. The summed E-state index contributed by atoms with van der Waals surface area (Å²) in [7, 11) is 0. The predicted molar refractivity (Wildman–Crippen MR) is 118 cm³/mol. The molecule has 3 aromatic rings. The molecule has 1 saturated heterocycles. The van der Waals surface area contributed by atoms with Gasteiger partial charge in [-0.05, 0) is 57.1 Å². The molecule has 0 saturated carbocycles. The molecule has 0 N–H and O–H groups in total. The summed E-state index contributed by atoms with van der Waals surface area (Å²) in [4.78, 5) is 6.98. The third-order valence-electron chi connectivity index (χ3n) is 5.34. The van der Waals surface area contributed by atoms with Crippen molar-refractivity contribution in [1.29, 1.82) is 0 Å². The first kappa shape index (κ1) is 22.0. The highest BCUT2D eigenvalue weighted by molar-refractivity contribution is 7.99. The minimum atomic E-state index is -0.266. The Morgan fingerprint density at radius 3 is 2.45 bits per heavy atom. The molecule has 0 aliphatic carbocycles. The zero-order valence-electron chi connectivity index (χ0n) is 18.5. The minimum absolute atomic E-state index is 0.102. The van der Waals surface area contributed by atoms with Gasteiger partial charge in [0.1, 0.15) is 5.82 Å². The number of benzene rings is 1. The lowest BCUT2D eigenvalue weighted by Gasteiger charge is -2.26. The maximum Gasteiger partial charge on any atom is 0.239 e. The van der Waals surface area contributed by atoms with E-state index in [2.05, 4.69) is 46.0 Å². The fourth-order valence-electron chi connectivity index (χ4n) is 3.56. The summed E-state index contributed by atoms with van der Waals surface area (Å²) in [5.41, 5.74) is 0.663. The quantitative estimate of drug-likeness (QED) is 0.499. The van der Waals surface area contributed by atoms with Gasteiger partial charge in [-0.3, -0.25) is 9.47 Å². The topological polar surface area (TPSA) is 72.9 Å². The standard InChI is InChI=1S/C22H29FN6OS/c1-15(19-24-20(27-30-19)22(2,3)4)31-21-26-25-18(14-28-12-6-5-7-13-28)29(21)17-10-8-16(23)9-11-17/h8-11,15H,5-7,12-14H2,1-4H3/t15-/m0/s1. The Morgan fingerprint density at radius 2 is 1.81 bits per heavy atom. The maximum atomic E-state index is 13.6. The summed E-state index contributed by atoms with van der Waals surface area (Å²) < 4.78 is 21.1. The molecule has 0 bridgehead atoms. The first-order valence-electron chi connectivity index (χ1n) is 10.7. The zero-order valence-corrected chi connectivity index (χ0v) is 19.3. The van der Waals surface area contributed by atoms with Crippen molar-refractivity contribution in [2.24, 2.45) is 0 Å². The number of hydrogen-bond donors (Lipinski definition) is 0. The molecule has 1 aliphatic rings. The van der Waals surface area contributed by atoms with Gasteiger partial charge in [0.15, 0.2) is 16.8 Å².